The van der Waals surface area contributed by atoms with Gasteiger partial charge in [-0.2, -0.15) is 4.37 Å². The van der Waals surface area contributed by atoms with Gasteiger partial charge in [0.1, 0.15) is 5.75 Å². The molecule has 2 aromatic rings. The van der Waals surface area contributed by atoms with E-state index >= 15 is 0 Å². The Hall–Kier alpha value is -1.13. The summed E-state index contributed by atoms with van der Waals surface area (Å²) in [6.07, 6.45) is 0. The summed E-state index contributed by atoms with van der Waals surface area (Å²) in [6, 6.07) is 5.94. The quantitative estimate of drug-likeness (QED) is 0.805. The summed E-state index contributed by atoms with van der Waals surface area (Å²) in [7, 11) is 0. The second-order valence-corrected chi connectivity index (χ2v) is 4.17. The summed E-state index contributed by atoms with van der Waals surface area (Å²) < 4.78 is 13.3. The largest absolute Gasteiger partial charge is 0.436 e. The van der Waals surface area contributed by atoms with Crippen molar-refractivity contribution in [3.63, 3.8) is 0 Å². The molecule has 0 N–H and O–H groups in total. The summed E-state index contributed by atoms with van der Waals surface area (Å²) >= 11 is 6.82. The Kier molecular flexibility index (Phi) is 2.88. The number of hydrogen-bond acceptors (Lipinski definition) is 4. The highest BCUT2D eigenvalue weighted by Gasteiger charge is 2.07. The number of rotatable bonds is 2. The Morgan fingerprint density at radius 3 is 2.33 bits per heavy atom. The molecule has 0 radical (unpaired) electrons. The molecule has 0 fully saturated rings. The van der Waals surface area contributed by atoms with Crippen molar-refractivity contribution >= 4 is 23.3 Å². The number of aromatic nitrogens is 2. The van der Waals surface area contributed by atoms with Crippen LogP contribution in [0.4, 0.5) is 0 Å². The highest BCUT2D eigenvalue weighted by atomic mass is 35.5. The predicted octanol–water partition coefficient (Wildman–Crippen LogP) is 3.60. The third-order valence-corrected chi connectivity index (χ3v) is 2.69. The Bertz CT molecular complexity index is 464. The van der Waals surface area contributed by atoms with Crippen LogP contribution in [-0.4, -0.2) is 8.75 Å². The molecule has 0 bridgehead atoms. The van der Waals surface area contributed by atoms with E-state index in [-0.39, 0.29) is 0 Å². The van der Waals surface area contributed by atoms with Gasteiger partial charge in [-0.3, -0.25) is 0 Å². The minimum absolute atomic E-state index is 0.305. The van der Waals surface area contributed by atoms with Gasteiger partial charge in [0.05, 0.1) is 11.7 Å². The molecule has 1 aromatic carbocycles. The van der Waals surface area contributed by atoms with Crippen molar-refractivity contribution in [2.24, 2.45) is 0 Å². The third-order valence-electron chi connectivity index (χ3n) is 1.83. The average Bonchev–Trinajstić information content (AvgIpc) is 2.50. The van der Waals surface area contributed by atoms with Gasteiger partial charge in [-0.15, -0.1) is 4.37 Å². The number of nitrogens with zero attached hydrogens (tertiary/aromatic N) is 2. The fourth-order valence-electron chi connectivity index (χ4n) is 1.33. The summed E-state index contributed by atoms with van der Waals surface area (Å²) in [5.74, 6) is 1.11. The molecular formula is C10H9ClN2OS. The highest BCUT2D eigenvalue weighted by molar-refractivity contribution is 6.99. The summed E-state index contributed by atoms with van der Waals surface area (Å²) in [4.78, 5) is 0. The van der Waals surface area contributed by atoms with Crippen molar-refractivity contribution < 1.29 is 4.74 Å². The molecule has 1 aromatic heterocycles. The summed E-state index contributed by atoms with van der Waals surface area (Å²) in [5, 5.41) is 0.305. The van der Waals surface area contributed by atoms with E-state index in [2.05, 4.69) is 14.8 Å². The van der Waals surface area contributed by atoms with Crippen molar-refractivity contribution in [3.8, 4) is 11.6 Å². The monoisotopic (exact) mass is 240 g/mol. The third kappa shape index (κ3) is 2.46. The fourth-order valence-corrected chi connectivity index (χ4v) is 1.95. The Morgan fingerprint density at radius 2 is 1.80 bits per heavy atom. The smallest absolute Gasteiger partial charge is 0.270 e. The van der Waals surface area contributed by atoms with Gasteiger partial charge < -0.3 is 4.74 Å². The first-order valence-electron chi connectivity index (χ1n) is 4.39. The minimum Gasteiger partial charge on any atom is -0.436 e. The van der Waals surface area contributed by atoms with E-state index in [0.717, 1.165) is 28.6 Å². The van der Waals surface area contributed by atoms with E-state index < -0.39 is 0 Å². The van der Waals surface area contributed by atoms with Crippen molar-refractivity contribution in [2.45, 2.75) is 13.8 Å². The van der Waals surface area contributed by atoms with Gasteiger partial charge in [-0.05, 0) is 37.1 Å². The van der Waals surface area contributed by atoms with Crippen molar-refractivity contribution in [3.05, 3.63) is 34.5 Å². The topological polar surface area (TPSA) is 35.0 Å². The lowest BCUT2D eigenvalue weighted by Crippen LogP contribution is -1.87. The molecule has 0 unspecified atom stereocenters. The summed E-state index contributed by atoms with van der Waals surface area (Å²) in [6.45, 7) is 4.03. The van der Waals surface area contributed by atoms with E-state index in [1.807, 2.05) is 26.0 Å². The first kappa shape index (κ1) is 10.4. The Balaban J connectivity index is 2.28. The Labute approximate surface area is 97.0 Å². The molecule has 0 aliphatic carbocycles. The number of halogens is 1. The molecule has 5 heteroatoms. The molecule has 2 rings (SSSR count). The van der Waals surface area contributed by atoms with Gasteiger partial charge in [0.25, 0.3) is 5.88 Å². The second-order valence-electron chi connectivity index (χ2n) is 3.29. The molecule has 0 saturated heterocycles. The molecule has 0 aliphatic heterocycles. The van der Waals surface area contributed by atoms with Gasteiger partial charge in [0, 0.05) is 0 Å². The maximum atomic E-state index is 5.78. The predicted molar refractivity (Wildman–Crippen MR) is 60.9 cm³/mol. The van der Waals surface area contributed by atoms with E-state index in [4.69, 9.17) is 16.3 Å². The van der Waals surface area contributed by atoms with Crippen LogP contribution in [0.1, 0.15) is 11.1 Å². The zero-order valence-corrected chi connectivity index (χ0v) is 9.89. The average molecular weight is 241 g/mol. The number of hydrogen-bond donors (Lipinski definition) is 0. The fraction of sp³-hybridized carbons (Fsp3) is 0.200. The SMILES string of the molecule is Cc1cc(C)cc(Oc2nsnc2Cl)c1. The molecule has 0 aliphatic rings. The molecule has 0 spiro atoms. The van der Waals surface area contributed by atoms with Crippen LogP contribution in [0.25, 0.3) is 0 Å². The van der Waals surface area contributed by atoms with Crippen LogP contribution in [0.3, 0.4) is 0 Å². The molecular weight excluding hydrogens is 232 g/mol. The first-order chi connectivity index (χ1) is 7.15. The summed E-state index contributed by atoms with van der Waals surface area (Å²) in [5.41, 5.74) is 2.29. The molecule has 1 heterocycles. The van der Waals surface area contributed by atoms with Crippen LogP contribution in [-0.2, 0) is 0 Å². The van der Waals surface area contributed by atoms with E-state index in [9.17, 15) is 0 Å². The second kappa shape index (κ2) is 4.16. The van der Waals surface area contributed by atoms with Gasteiger partial charge in [-0.25, -0.2) is 0 Å². The van der Waals surface area contributed by atoms with Crippen LogP contribution in [0.5, 0.6) is 11.6 Å². The normalized spacial score (nSPS) is 10.3. The standard InChI is InChI=1S/C10H9ClN2OS/c1-6-3-7(2)5-8(4-6)14-10-9(11)12-15-13-10/h3-5H,1-2H3. The number of ether oxygens (including phenoxy) is 1. The van der Waals surface area contributed by atoms with Gasteiger partial charge in [0.15, 0.2) is 0 Å². The molecule has 0 amide bonds. The van der Waals surface area contributed by atoms with Crippen LogP contribution in [0.2, 0.25) is 5.15 Å². The zero-order chi connectivity index (χ0) is 10.8. The number of benzene rings is 1. The maximum absolute atomic E-state index is 5.78. The van der Waals surface area contributed by atoms with Crippen molar-refractivity contribution in [1.29, 1.82) is 0 Å². The van der Waals surface area contributed by atoms with Crippen LogP contribution in [0.15, 0.2) is 18.2 Å². The van der Waals surface area contributed by atoms with E-state index in [0.29, 0.717) is 11.0 Å². The van der Waals surface area contributed by atoms with Gasteiger partial charge in [-0.1, -0.05) is 17.7 Å². The van der Waals surface area contributed by atoms with Crippen LogP contribution in [0, 0.1) is 13.8 Å². The molecule has 0 saturated carbocycles. The molecule has 3 nitrogen and oxygen atoms in total. The van der Waals surface area contributed by atoms with E-state index in [1.165, 1.54) is 0 Å². The lowest BCUT2D eigenvalue weighted by molar-refractivity contribution is 0.467. The molecule has 15 heavy (non-hydrogen) atoms. The molecule has 78 valence electrons. The maximum Gasteiger partial charge on any atom is 0.270 e. The highest BCUT2D eigenvalue weighted by Crippen LogP contribution is 2.27. The lowest BCUT2D eigenvalue weighted by atomic mass is 10.1. The van der Waals surface area contributed by atoms with Crippen molar-refractivity contribution in [1.82, 2.24) is 8.75 Å². The minimum atomic E-state index is 0.305. The van der Waals surface area contributed by atoms with Gasteiger partial charge >= 0.3 is 0 Å². The van der Waals surface area contributed by atoms with Gasteiger partial charge in [0.2, 0.25) is 5.15 Å². The van der Waals surface area contributed by atoms with E-state index in [1.54, 1.807) is 0 Å². The first-order valence-corrected chi connectivity index (χ1v) is 5.50. The Morgan fingerprint density at radius 1 is 1.13 bits per heavy atom. The van der Waals surface area contributed by atoms with Crippen LogP contribution >= 0.6 is 23.3 Å². The zero-order valence-electron chi connectivity index (χ0n) is 8.32. The number of aryl methyl sites for hydroxylation is 2. The lowest BCUT2D eigenvalue weighted by Gasteiger charge is -2.04. The molecule has 0 atom stereocenters. The van der Waals surface area contributed by atoms with Crippen molar-refractivity contribution in [2.75, 3.05) is 0 Å². The van der Waals surface area contributed by atoms with Crippen LogP contribution < -0.4 is 4.74 Å².